The van der Waals surface area contributed by atoms with Gasteiger partial charge in [0, 0.05) is 18.7 Å². The molecule has 0 bridgehead atoms. The van der Waals surface area contributed by atoms with Gasteiger partial charge in [-0.25, -0.2) is 8.42 Å². The second-order valence-corrected chi connectivity index (χ2v) is 17.2. The highest BCUT2D eigenvalue weighted by molar-refractivity contribution is 7.90. The third-order valence-corrected chi connectivity index (χ3v) is 12.5. The minimum absolute atomic E-state index is 0.101. The van der Waals surface area contributed by atoms with Crippen LogP contribution >= 0.6 is 0 Å². The molecule has 11 heteroatoms. The lowest BCUT2D eigenvalue weighted by Crippen LogP contribution is -2.49. The Hall–Kier alpha value is -3.73. The average Bonchev–Trinajstić information content (AvgIpc) is 3.91. The number of nitrogens with one attached hydrogen (secondary N) is 1. The van der Waals surface area contributed by atoms with Crippen molar-refractivity contribution >= 4 is 50.1 Å². The number of anilines is 1. The number of ether oxygens (including phenoxy) is 1. The number of esters is 1. The van der Waals surface area contributed by atoms with Crippen LogP contribution in [0.4, 0.5) is 5.69 Å². The molecule has 258 valence electrons. The lowest BCUT2D eigenvalue weighted by atomic mass is 9.77. The van der Waals surface area contributed by atoms with Crippen molar-refractivity contribution in [1.82, 2.24) is 9.62 Å². The van der Waals surface area contributed by atoms with E-state index < -0.39 is 49.9 Å². The molecule has 0 spiro atoms. The maximum atomic E-state index is 14.5. The predicted molar refractivity (Wildman–Crippen MR) is 183 cm³/mol. The number of nitrogens with zero attached hydrogens (tertiary/aromatic N) is 2. The number of amides is 2. The van der Waals surface area contributed by atoms with Gasteiger partial charge < -0.3 is 14.5 Å². The van der Waals surface area contributed by atoms with E-state index in [1.54, 1.807) is 11.0 Å². The molecule has 1 saturated heterocycles. The van der Waals surface area contributed by atoms with Crippen LogP contribution in [0, 0.1) is 22.7 Å². The molecule has 2 aromatic carbocycles. The highest BCUT2D eigenvalue weighted by atomic mass is 32.2. The van der Waals surface area contributed by atoms with E-state index in [1.807, 2.05) is 68.1 Å². The van der Waals surface area contributed by atoms with Crippen molar-refractivity contribution in [2.75, 3.05) is 18.1 Å². The molecule has 1 N–H and O–H groups in total. The van der Waals surface area contributed by atoms with Crippen molar-refractivity contribution in [2.24, 2.45) is 22.7 Å². The van der Waals surface area contributed by atoms with E-state index in [4.69, 9.17) is 4.74 Å². The summed E-state index contributed by atoms with van der Waals surface area (Å²) in [4.78, 5) is 59.0. The molecule has 2 aromatic rings. The number of sulfonamides is 1. The summed E-state index contributed by atoms with van der Waals surface area (Å²) in [6.07, 6.45) is 6.15. The first-order valence-corrected chi connectivity index (χ1v) is 18.7. The van der Waals surface area contributed by atoms with Crippen molar-refractivity contribution in [1.29, 1.82) is 0 Å². The van der Waals surface area contributed by atoms with Crippen LogP contribution in [0.2, 0.25) is 0 Å². The van der Waals surface area contributed by atoms with Gasteiger partial charge in [0.05, 0.1) is 29.7 Å². The minimum Gasteiger partial charge on any atom is -0.462 e. The molecule has 3 saturated carbocycles. The number of hydrogen-bond donors (Lipinski definition) is 1. The second-order valence-electron chi connectivity index (χ2n) is 15.3. The topological polar surface area (TPSA) is 130 Å². The molecule has 0 radical (unpaired) electrons. The fourth-order valence-electron chi connectivity index (χ4n) is 7.39. The number of carbonyl (C=O) groups excluding carboxylic acids is 4. The Bertz CT molecular complexity index is 1720. The Morgan fingerprint density at radius 3 is 2.35 bits per heavy atom. The Morgan fingerprint density at radius 2 is 1.73 bits per heavy atom. The molecule has 4 atom stereocenters. The number of fused-ring (bicyclic) bond motifs is 1. The summed E-state index contributed by atoms with van der Waals surface area (Å²) in [5.41, 5.74) is -1.01. The van der Waals surface area contributed by atoms with Crippen molar-refractivity contribution < 1.29 is 32.3 Å². The average molecular weight is 678 g/mol. The predicted octanol–water partition coefficient (Wildman–Crippen LogP) is 5.11. The molecule has 2 amide bonds. The molecular formula is C37H47N3O7S. The third-order valence-electron chi connectivity index (χ3n) is 10.7. The van der Waals surface area contributed by atoms with Gasteiger partial charge in [-0.15, -0.1) is 6.58 Å². The fraction of sp³-hybridized carbons (Fsp3) is 0.568. The van der Waals surface area contributed by atoms with Crippen LogP contribution in [0.1, 0.15) is 78.6 Å². The number of hydrogen-bond acceptors (Lipinski definition) is 8. The normalized spacial score (nSPS) is 25.1. The SMILES string of the molecule is C=C[C@@H]1C[C@]1(CC(=O)[C@@H]1CN(c2ccc3ccccc3c2)CN1C(=O)[C@@H](CC(=O)OC1CCCC1)C(C)(C)C)C(=O)NS(=O)(=O)C1CC1. The lowest BCUT2D eigenvalue weighted by Gasteiger charge is -2.34. The van der Waals surface area contributed by atoms with E-state index in [0.29, 0.717) is 19.3 Å². The van der Waals surface area contributed by atoms with E-state index in [1.165, 1.54) is 0 Å². The second kappa shape index (κ2) is 12.9. The number of allylic oxidation sites excluding steroid dienone is 1. The minimum atomic E-state index is -3.81. The molecule has 4 aliphatic rings. The molecule has 6 rings (SSSR count). The summed E-state index contributed by atoms with van der Waals surface area (Å²) in [6.45, 7) is 9.87. The van der Waals surface area contributed by atoms with Crippen molar-refractivity contribution in [3.63, 3.8) is 0 Å². The Morgan fingerprint density at radius 1 is 1.04 bits per heavy atom. The summed E-state index contributed by atoms with van der Waals surface area (Å²) in [6, 6.07) is 13.0. The zero-order chi connectivity index (χ0) is 34.4. The van der Waals surface area contributed by atoms with Crippen LogP contribution in [0.15, 0.2) is 55.1 Å². The maximum absolute atomic E-state index is 14.5. The molecule has 10 nitrogen and oxygen atoms in total. The van der Waals surface area contributed by atoms with Gasteiger partial charge in [0.25, 0.3) is 0 Å². The van der Waals surface area contributed by atoms with Crippen LogP contribution in [-0.4, -0.2) is 67.5 Å². The first-order chi connectivity index (χ1) is 22.7. The Labute approximate surface area is 283 Å². The number of Topliss-reactive ketones (excluding diaryl/α,β-unsaturated/α-hetero) is 1. The van der Waals surface area contributed by atoms with Gasteiger partial charge in [0.2, 0.25) is 21.8 Å². The van der Waals surface area contributed by atoms with Crippen LogP contribution in [-0.2, 0) is 33.9 Å². The third kappa shape index (κ3) is 7.02. The molecule has 3 aliphatic carbocycles. The van der Waals surface area contributed by atoms with E-state index in [-0.39, 0.29) is 49.8 Å². The van der Waals surface area contributed by atoms with Gasteiger partial charge in [-0.3, -0.25) is 23.9 Å². The lowest BCUT2D eigenvalue weighted by molar-refractivity contribution is -0.156. The van der Waals surface area contributed by atoms with Crippen LogP contribution in [0.25, 0.3) is 10.8 Å². The maximum Gasteiger partial charge on any atom is 0.306 e. The van der Waals surface area contributed by atoms with Crippen molar-refractivity contribution in [3.05, 3.63) is 55.1 Å². The van der Waals surface area contributed by atoms with Gasteiger partial charge >= 0.3 is 5.97 Å². The number of carbonyl (C=O) groups is 4. The first kappa shape index (κ1) is 34.1. The smallest absolute Gasteiger partial charge is 0.306 e. The molecule has 48 heavy (non-hydrogen) atoms. The zero-order valence-electron chi connectivity index (χ0n) is 28.2. The van der Waals surface area contributed by atoms with Gasteiger partial charge in [-0.1, -0.05) is 57.2 Å². The molecule has 1 heterocycles. The summed E-state index contributed by atoms with van der Waals surface area (Å²) >= 11 is 0. The summed E-state index contributed by atoms with van der Waals surface area (Å²) in [5.74, 6) is -2.85. The zero-order valence-corrected chi connectivity index (χ0v) is 29.0. The fourth-order valence-corrected chi connectivity index (χ4v) is 8.77. The van der Waals surface area contributed by atoms with E-state index in [2.05, 4.69) is 11.3 Å². The summed E-state index contributed by atoms with van der Waals surface area (Å²) in [5, 5.41) is 1.50. The summed E-state index contributed by atoms with van der Waals surface area (Å²) < 4.78 is 33.3. The molecule has 0 aromatic heterocycles. The highest BCUT2D eigenvalue weighted by Crippen LogP contribution is 2.57. The highest BCUT2D eigenvalue weighted by Gasteiger charge is 2.61. The van der Waals surface area contributed by atoms with Crippen molar-refractivity contribution in [3.8, 4) is 0 Å². The Kier molecular flexibility index (Phi) is 9.21. The van der Waals surface area contributed by atoms with Gasteiger partial charge in [0.15, 0.2) is 5.78 Å². The van der Waals surface area contributed by atoms with E-state index in [9.17, 15) is 27.6 Å². The molecule has 0 unspecified atom stereocenters. The quantitative estimate of drug-likeness (QED) is 0.242. The largest absolute Gasteiger partial charge is 0.462 e. The monoisotopic (exact) mass is 677 g/mol. The number of ketones is 1. The number of rotatable bonds is 12. The van der Waals surface area contributed by atoms with Crippen LogP contribution in [0.3, 0.4) is 0 Å². The standard InChI is InChI=1S/C37H47N3O7S/c1-5-26-20-37(26,35(44)38-48(45,46)29-16-17-29)21-32(41)31-22-39(27-15-14-24-10-6-7-11-25(24)18-27)23-40(31)34(43)30(36(2,3)4)19-33(42)47-28-12-8-9-13-28/h5-7,10-11,14-15,18,26,28-31H,1,8-9,12-13,16-17,19-23H2,2-4H3,(H,38,44)/t26-,30-,31+,37-/m1/s1. The first-order valence-electron chi connectivity index (χ1n) is 17.2. The van der Waals surface area contributed by atoms with E-state index in [0.717, 1.165) is 42.1 Å². The molecule has 4 fully saturated rings. The summed E-state index contributed by atoms with van der Waals surface area (Å²) in [7, 11) is -3.81. The van der Waals surface area contributed by atoms with E-state index >= 15 is 0 Å². The molecule has 1 aliphatic heterocycles. The van der Waals surface area contributed by atoms with Gasteiger partial charge in [-0.2, -0.15) is 0 Å². The van der Waals surface area contributed by atoms with Gasteiger partial charge in [0.1, 0.15) is 12.1 Å². The number of benzene rings is 2. The van der Waals surface area contributed by atoms with Crippen LogP contribution in [0.5, 0.6) is 0 Å². The molecular weight excluding hydrogens is 630 g/mol. The van der Waals surface area contributed by atoms with Crippen molar-refractivity contribution in [2.45, 2.75) is 96.0 Å². The van der Waals surface area contributed by atoms with Gasteiger partial charge in [-0.05, 0) is 79.2 Å². The van der Waals surface area contributed by atoms with Crippen LogP contribution < -0.4 is 9.62 Å². The Balaban J connectivity index is 1.28.